The molecule has 0 atom stereocenters. The molecule has 26 nitrogen and oxygen atoms in total. The van der Waals surface area contributed by atoms with Crippen LogP contribution in [0.1, 0.15) is 27.7 Å². The van der Waals surface area contributed by atoms with Gasteiger partial charge in [0.05, 0.1) is 51.2 Å². The maximum atomic E-state index is 10.4. The van der Waals surface area contributed by atoms with Crippen LogP contribution in [0.25, 0.3) is 11.3 Å². The second kappa shape index (κ2) is 30.7. The molecule has 0 radical (unpaired) electrons. The summed E-state index contributed by atoms with van der Waals surface area (Å²) >= 11 is 19.9. The van der Waals surface area contributed by atoms with E-state index in [-0.39, 0.29) is 35.7 Å². The van der Waals surface area contributed by atoms with Gasteiger partial charge in [0.25, 0.3) is 0 Å². The molecule has 438 valence electrons. The third-order valence-corrected chi connectivity index (χ3v) is 12.2. The molecule has 10 aromatic heterocycles. The van der Waals surface area contributed by atoms with Crippen molar-refractivity contribution in [1.82, 2.24) is 59.4 Å². The van der Waals surface area contributed by atoms with Gasteiger partial charge in [-0.25, -0.2) is 19.9 Å². The largest absolute Gasteiger partial charge is 0.506 e. The zero-order chi connectivity index (χ0) is 61.7. The molecule has 5 N–H and O–H groups in total. The Morgan fingerprint density at radius 3 is 1.42 bits per heavy atom. The molecule has 1 aliphatic rings. The third-order valence-electron chi connectivity index (χ3n) is 11.1. The molecule has 0 spiro atoms. The summed E-state index contributed by atoms with van der Waals surface area (Å²) in [5.41, 5.74) is 13.1. The van der Waals surface area contributed by atoms with Crippen LogP contribution < -0.4 is 31.1 Å². The van der Waals surface area contributed by atoms with Gasteiger partial charge < -0.3 is 60.3 Å². The van der Waals surface area contributed by atoms with E-state index in [1.807, 2.05) is 60.3 Å². The van der Waals surface area contributed by atoms with Crippen molar-refractivity contribution in [3.8, 4) is 51.5 Å². The second-order valence-corrected chi connectivity index (χ2v) is 20.3. The average molecular weight is 1280 g/mol. The molecule has 10 aromatic rings. The van der Waals surface area contributed by atoms with Crippen LogP contribution in [0.5, 0.6) is 40.2 Å². The topological polar surface area (TPSA) is 343 Å². The molecule has 1 aliphatic heterocycles. The van der Waals surface area contributed by atoms with Crippen molar-refractivity contribution in [2.75, 3.05) is 11.5 Å². The van der Waals surface area contributed by atoms with Crippen LogP contribution in [-0.2, 0) is 23.4 Å². The monoisotopic (exact) mass is 1280 g/mol. The Labute approximate surface area is 509 Å². The van der Waals surface area contributed by atoms with Gasteiger partial charge in [0.2, 0.25) is 0 Å². The fraction of sp³-hybridized carbons (Fsp3) is 0.148. The van der Waals surface area contributed by atoms with Crippen LogP contribution in [0.15, 0.2) is 176 Å². The second-order valence-electron chi connectivity index (χ2n) is 18.1. The van der Waals surface area contributed by atoms with E-state index in [4.69, 9.17) is 74.9 Å². The number of hydrogen-bond donors (Lipinski definition) is 3. The highest BCUT2D eigenvalue weighted by atomic mass is 79.9. The van der Waals surface area contributed by atoms with Gasteiger partial charge in [0, 0.05) is 105 Å². The predicted molar refractivity (Wildman–Crippen MR) is 322 cm³/mol. The van der Waals surface area contributed by atoms with E-state index in [0.29, 0.717) is 61.5 Å². The number of pyridine rings is 8. The summed E-state index contributed by atoms with van der Waals surface area (Å²) < 4.78 is 32.6. The number of nitro groups is 2. The van der Waals surface area contributed by atoms with Crippen LogP contribution >= 0.6 is 50.7 Å². The minimum absolute atomic E-state index is 0.0949. The molecular weight excluding hydrogens is 1230 g/mol. The zero-order valence-electron chi connectivity index (χ0n) is 45.8. The minimum atomic E-state index is -0.576. The standard InChI is InChI=1S/C14H13N5O.C10H17BN2O2.C10H6ClN3O3.C10H8ClN3O.C5H3BrN2O2.C5H4ClNO/c1-19-9-10(7-18-19)13-6-11(4-5-16-13)20-12-2-3-14(15)17-8-12;1-9(2)10(3,4)15-11(14-9)8-6-12-13(5)7-8;11-9-5-7(3-4-12-9)17-8-1-2-10(13-6-8)14(15)16;11-9-5-7(3-4-13-9)15-8-1-2-10(12)14-6-8;6-4-1-2-5(7-3-4)8(9)10;6-4-1-5(8)3-7-2-4/h2-9H,1H3,(H2,15,17);6-7H,1-5H3;1-6H;1-6H,(H2,12,14);1-3H;1-3,8H. The van der Waals surface area contributed by atoms with E-state index >= 15 is 0 Å². The van der Waals surface area contributed by atoms with Crippen molar-refractivity contribution in [1.29, 1.82) is 0 Å². The fourth-order valence-electron chi connectivity index (χ4n) is 6.35. The first kappa shape index (κ1) is 64.7. The van der Waals surface area contributed by atoms with Crippen LogP contribution in [0, 0.1) is 20.2 Å². The van der Waals surface area contributed by atoms with Gasteiger partial charge in [0.1, 0.15) is 56.4 Å². The van der Waals surface area contributed by atoms with Gasteiger partial charge >= 0.3 is 18.8 Å². The van der Waals surface area contributed by atoms with E-state index in [0.717, 1.165) is 21.2 Å². The molecule has 11 rings (SSSR count). The highest BCUT2D eigenvalue weighted by molar-refractivity contribution is 9.10. The van der Waals surface area contributed by atoms with Crippen molar-refractivity contribution >= 4 is 86.6 Å². The lowest BCUT2D eigenvalue weighted by molar-refractivity contribution is -0.389. The van der Waals surface area contributed by atoms with Gasteiger partial charge in [-0.2, -0.15) is 10.2 Å². The summed E-state index contributed by atoms with van der Waals surface area (Å²) in [6, 6.07) is 24.0. The van der Waals surface area contributed by atoms with E-state index in [2.05, 4.69) is 66.0 Å². The number of halogens is 4. The molecule has 1 fully saturated rings. The Hall–Kier alpha value is -9.45. The molecule has 0 saturated carbocycles. The Morgan fingerprint density at radius 1 is 0.565 bits per heavy atom. The zero-order valence-corrected chi connectivity index (χ0v) is 49.6. The van der Waals surface area contributed by atoms with E-state index in [1.54, 1.807) is 101 Å². The first-order valence-electron chi connectivity index (χ1n) is 24.5. The highest BCUT2D eigenvalue weighted by Crippen LogP contribution is 2.36. The molecule has 1 saturated heterocycles. The van der Waals surface area contributed by atoms with Crippen molar-refractivity contribution in [2.45, 2.75) is 38.9 Å². The molecular formula is C54H51BBrCl3N16O10. The van der Waals surface area contributed by atoms with Crippen LogP contribution in [0.2, 0.25) is 15.3 Å². The number of hydrogen-bond acceptors (Lipinski definition) is 22. The minimum Gasteiger partial charge on any atom is -0.506 e. The van der Waals surface area contributed by atoms with E-state index in [9.17, 15) is 20.2 Å². The maximum absolute atomic E-state index is 10.4. The van der Waals surface area contributed by atoms with Gasteiger partial charge in [-0.1, -0.05) is 34.8 Å². The van der Waals surface area contributed by atoms with Crippen molar-refractivity contribution in [2.24, 2.45) is 14.1 Å². The van der Waals surface area contributed by atoms with Crippen molar-refractivity contribution in [3.63, 3.8) is 0 Å². The van der Waals surface area contributed by atoms with Crippen LogP contribution in [0.4, 0.5) is 23.3 Å². The number of nitrogens with zero attached hydrogens (tertiary/aromatic N) is 14. The van der Waals surface area contributed by atoms with Gasteiger partial charge in [-0.05, 0) is 118 Å². The summed E-state index contributed by atoms with van der Waals surface area (Å²) in [6.07, 6.45) is 20.7. The predicted octanol–water partition coefficient (Wildman–Crippen LogP) is 11.5. The maximum Gasteiger partial charge on any atom is 0.498 e. The molecule has 31 heteroatoms. The molecule has 0 aliphatic carbocycles. The van der Waals surface area contributed by atoms with Crippen molar-refractivity contribution in [3.05, 3.63) is 212 Å². The average Bonchev–Trinajstić information content (AvgIpc) is 3.29. The molecule has 0 unspecified atom stereocenters. The molecule has 11 heterocycles. The number of aromatic nitrogens is 12. The lowest BCUT2D eigenvalue weighted by Crippen LogP contribution is -2.41. The Balaban J connectivity index is 0.000000167. The van der Waals surface area contributed by atoms with Crippen LogP contribution in [-0.4, -0.2) is 92.7 Å². The number of nitrogens with two attached hydrogens (primary N) is 2. The molecule has 85 heavy (non-hydrogen) atoms. The van der Waals surface area contributed by atoms with Gasteiger partial charge in [-0.3, -0.25) is 19.3 Å². The highest BCUT2D eigenvalue weighted by Gasteiger charge is 2.52. The normalized spacial score (nSPS) is 12.3. The Bertz CT molecular complexity index is 3730. The number of nitrogen functional groups attached to an aromatic ring is 2. The molecule has 0 bridgehead atoms. The number of aryl methyl sites for hydroxylation is 2. The molecule has 0 amide bonds. The quantitative estimate of drug-likeness (QED) is 0.0495. The van der Waals surface area contributed by atoms with Gasteiger partial charge in [-0.15, -0.1) is 0 Å². The summed E-state index contributed by atoms with van der Waals surface area (Å²) in [5, 5.41) is 38.5. The summed E-state index contributed by atoms with van der Waals surface area (Å²) in [4.78, 5) is 49.9. The smallest absolute Gasteiger partial charge is 0.498 e. The lowest BCUT2D eigenvalue weighted by Gasteiger charge is -2.32. The number of ether oxygens (including phenoxy) is 3. The number of rotatable bonds is 10. The molecule has 0 aromatic carbocycles. The Kier molecular flexibility index (Phi) is 23.4. The summed E-state index contributed by atoms with van der Waals surface area (Å²) in [5.74, 6) is 4.04. The Morgan fingerprint density at radius 2 is 1.04 bits per heavy atom. The fourth-order valence-corrected chi connectivity index (χ4v) is 7.08. The van der Waals surface area contributed by atoms with E-state index < -0.39 is 9.85 Å². The lowest BCUT2D eigenvalue weighted by atomic mass is 9.82. The number of anilines is 2. The van der Waals surface area contributed by atoms with Crippen LogP contribution in [0.3, 0.4) is 0 Å². The number of aromatic hydroxyl groups is 1. The van der Waals surface area contributed by atoms with Gasteiger partial charge in [0.15, 0.2) is 18.1 Å². The summed E-state index contributed by atoms with van der Waals surface area (Å²) in [6.45, 7) is 8.18. The first-order chi connectivity index (χ1) is 40.4. The SMILES string of the molecule is Cn1cc(-c2cc(Oc3ccc(N)nc3)ccn2)cn1.Cn1cc(B2OC(C)(C)C(C)(C)O2)cn1.Nc1ccc(Oc2ccnc(Cl)c2)cn1.O=[N+]([O-])c1ccc(Br)cn1.O=[N+]([O-])c1ccc(Oc2ccnc(Cl)c2)cn1.Oc1cncc(Cl)c1. The first-order valence-corrected chi connectivity index (χ1v) is 26.5. The summed E-state index contributed by atoms with van der Waals surface area (Å²) in [7, 11) is 3.45. The van der Waals surface area contributed by atoms with E-state index in [1.165, 1.54) is 61.3 Å². The van der Waals surface area contributed by atoms with Crippen molar-refractivity contribution < 1.29 is 38.5 Å². The third kappa shape index (κ3) is 21.4.